The van der Waals surface area contributed by atoms with E-state index < -0.39 is 10.0 Å². The van der Waals surface area contributed by atoms with E-state index in [1.165, 1.54) is 0 Å². The zero-order valence-corrected chi connectivity index (χ0v) is 11.8. The van der Waals surface area contributed by atoms with Gasteiger partial charge in [-0.25, -0.2) is 13.1 Å². The van der Waals surface area contributed by atoms with Crippen molar-refractivity contribution in [3.05, 3.63) is 54.6 Å². The molecule has 3 nitrogen and oxygen atoms in total. The smallest absolute Gasteiger partial charge is 0.210 e. The van der Waals surface area contributed by atoms with Gasteiger partial charge in [0.05, 0.1) is 4.90 Å². The highest BCUT2D eigenvalue weighted by Gasteiger charge is 2.12. The van der Waals surface area contributed by atoms with Crippen LogP contribution in [0.1, 0.15) is 0 Å². The van der Waals surface area contributed by atoms with E-state index in [-0.39, 0.29) is 17.3 Å². The highest BCUT2D eigenvalue weighted by Crippen LogP contribution is 2.20. The summed E-state index contributed by atoms with van der Waals surface area (Å²) in [7, 11) is -3.46. The molecule has 0 fully saturated rings. The molecule has 19 heavy (non-hydrogen) atoms. The molecule has 5 heteroatoms. The maximum atomic E-state index is 11.9. The summed E-state index contributed by atoms with van der Waals surface area (Å²) < 4.78 is 26.2. The van der Waals surface area contributed by atoms with Crippen molar-refractivity contribution in [1.29, 1.82) is 0 Å². The molecule has 0 aliphatic carbocycles. The zero-order valence-electron chi connectivity index (χ0n) is 10.2. The summed E-state index contributed by atoms with van der Waals surface area (Å²) in [6.07, 6.45) is 0. The monoisotopic (exact) mass is 295 g/mol. The third kappa shape index (κ3) is 3.56. The van der Waals surface area contributed by atoms with E-state index in [1.54, 1.807) is 24.3 Å². The van der Waals surface area contributed by atoms with Crippen LogP contribution in [0.15, 0.2) is 59.5 Å². The van der Waals surface area contributed by atoms with Gasteiger partial charge in [-0.05, 0) is 23.3 Å². The average molecular weight is 296 g/mol. The fraction of sp³-hybridized carbons (Fsp3) is 0.143. The molecule has 100 valence electrons. The quantitative estimate of drug-likeness (QED) is 0.862. The van der Waals surface area contributed by atoms with Crippen molar-refractivity contribution in [2.75, 3.05) is 12.4 Å². The molecule has 0 amide bonds. The van der Waals surface area contributed by atoms with E-state index in [4.69, 9.17) is 11.6 Å². The normalized spacial score (nSPS) is 11.4. The van der Waals surface area contributed by atoms with Gasteiger partial charge in [0.15, 0.2) is 0 Å². The van der Waals surface area contributed by atoms with Gasteiger partial charge < -0.3 is 0 Å². The van der Waals surface area contributed by atoms with Gasteiger partial charge in [0, 0.05) is 12.4 Å². The fourth-order valence-electron chi connectivity index (χ4n) is 1.71. The lowest BCUT2D eigenvalue weighted by molar-refractivity contribution is 0.584. The van der Waals surface area contributed by atoms with Crippen molar-refractivity contribution in [2.24, 2.45) is 0 Å². The second-order valence-corrected chi connectivity index (χ2v) is 6.12. The van der Waals surface area contributed by atoms with Gasteiger partial charge >= 0.3 is 0 Å². The largest absolute Gasteiger partial charge is 0.240 e. The Labute approximate surface area is 118 Å². The Morgan fingerprint density at radius 1 is 0.895 bits per heavy atom. The Morgan fingerprint density at radius 3 is 2.05 bits per heavy atom. The Bertz CT molecular complexity index is 624. The van der Waals surface area contributed by atoms with Crippen LogP contribution < -0.4 is 4.72 Å². The molecule has 0 radical (unpaired) electrons. The number of halogens is 1. The minimum absolute atomic E-state index is 0.227. The van der Waals surface area contributed by atoms with Gasteiger partial charge in [0.25, 0.3) is 0 Å². The summed E-state index contributed by atoms with van der Waals surface area (Å²) in [5.41, 5.74) is 2.04. The highest BCUT2D eigenvalue weighted by atomic mass is 35.5. The number of sulfonamides is 1. The van der Waals surface area contributed by atoms with E-state index in [0.717, 1.165) is 11.1 Å². The standard InChI is InChI=1S/C14H14ClNO2S/c15-10-11-16-19(17,18)14-8-6-13(7-9-14)12-4-2-1-3-5-12/h1-9,16H,10-11H2. The molecule has 0 heterocycles. The summed E-state index contributed by atoms with van der Waals surface area (Å²) in [4.78, 5) is 0.247. The van der Waals surface area contributed by atoms with E-state index in [2.05, 4.69) is 4.72 Å². The summed E-state index contributed by atoms with van der Waals surface area (Å²) in [5, 5.41) is 0. The van der Waals surface area contributed by atoms with E-state index in [1.807, 2.05) is 30.3 Å². The van der Waals surface area contributed by atoms with Crippen molar-refractivity contribution in [3.8, 4) is 11.1 Å². The summed E-state index contributed by atoms with van der Waals surface area (Å²) in [6, 6.07) is 16.6. The summed E-state index contributed by atoms with van der Waals surface area (Å²) in [5.74, 6) is 0.251. The Hall–Kier alpha value is -1.36. The van der Waals surface area contributed by atoms with Crippen LogP contribution in [0, 0.1) is 0 Å². The molecule has 0 aliphatic heterocycles. The molecule has 0 bridgehead atoms. The first kappa shape index (κ1) is 14.1. The number of benzene rings is 2. The Balaban J connectivity index is 2.24. The third-order valence-electron chi connectivity index (χ3n) is 2.66. The van der Waals surface area contributed by atoms with E-state index in [0.29, 0.717) is 0 Å². The number of alkyl halides is 1. The number of nitrogens with one attached hydrogen (secondary N) is 1. The first-order valence-corrected chi connectivity index (χ1v) is 7.86. The molecule has 1 N–H and O–H groups in total. The van der Waals surface area contributed by atoms with Crippen LogP contribution in [0.2, 0.25) is 0 Å². The van der Waals surface area contributed by atoms with Gasteiger partial charge in [-0.3, -0.25) is 0 Å². The maximum Gasteiger partial charge on any atom is 0.240 e. The van der Waals surface area contributed by atoms with Crippen molar-refractivity contribution >= 4 is 21.6 Å². The molecule has 0 unspecified atom stereocenters. The molecular formula is C14H14ClNO2S. The van der Waals surface area contributed by atoms with Crippen LogP contribution in [0.25, 0.3) is 11.1 Å². The molecular weight excluding hydrogens is 282 g/mol. The van der Waals surface area contributed by atoms with Crippen LogP contribution in [0.3, 0.4) is 0 Å². The van der Waals surface area contributed by atoms with Crippen LogP contribution in [-0.4, -0.2) is 20.8 Å². The molecule has 0 aliphatic rings. The van der Waals surface area contributed by atoms with Crippen molar-refractivity contribution in [3.63, 3.8) is 0 Å². The van der Waals surface area contributed by atoms with Gasteiger partial charge in [0.1, 0.15) is 0 Å². The molecule has 0 spiro atoms. The van der Waals surface area contributed by atoms with Gasteiger partial charge in [0.2, 0.25) is 10.0 Å². The fourth-order valence-corrected chi connectivity index (χ4v) is 2.95. The first-order valence-electron chi connectivity index (χ1n) is 5.84. The van der Waals surface area contributed by atoms with Gasteiger partial charge in [-0.1, -0.05) is 42.5 Å². The molecule has 0 saturated heterocycles. The molecule has 0 saturated carbocycles. The number of hydrogen-bond acceptors (Lipinski definition) is 2. The minimum Gasteiger partial charge on any atom is -0.210 e. The van der Waals surface area contributed by atoms with E-state index in [9.17, 15) is 8.42 Å². The van der Waals surface area contributed by atoms with Crippen LogP contribution >= 0.6 is 11.6 Å². The predicted octanol–water partition coefficient (Wildman–Crippen LogP) is 2.87. The number of rotatable bonds is 5. The van der Waals surface area contributed by atoms with Crippen molar-refractivity contribution < 1.29 is 8.42 Å². The predicted molar refractivity (Wildman–Crippen MR) is 77.8 cm³/mol. The lowest BCUT2D eigenvalue weighted by Crippen LogP contribution is -2.25. The Kier molecular flexibility index (Phi) is 4.58. The van der Waals surface area contributed by atoms with Crippen LogP contribution in [0.5, 0.6) is 0 Å². The van der Waals surface area contributed by atoms with Gasteiger partial charge in [-0.15, -0.1) is 11.6 Å². The summed E-state index contributed by atoms with van der Waals surface area (Å²) in [6.45, 7) is 0.227. The topological polar surface area (TPSA) is 46.2 Å². The molecule has 2 rings (SSSR count). The second kappa shape index (κ2) is 6.19. The van der Waals surface area contributed by atoms with Gasteiger partial charge in [-0.2, -0.15) is 0 Å². The average Bonchev–Trinajstić information content (AvgIpc) is 2.46. The molecule has 0 aromatic heterocycles. The van der Waals surface area contributed by atoms with Crippen molar-refractivity contribution in [2.45, 2.75) is 4.90 Å². The van der Waals surface area contributed by atoms with Crippen LogP contribution in [-0.2, 0) is 10.0 Å². The van der Waals surface area contributed by atoms with Crippen molar-refractivity contribution in [1.82, 2.24) is 4.72 Å². The lowest BCUT2D eigenvalue weighted by atomic mass is 10.1. The lowest BCUT2D eigenvalue weighted by Gasteiger charge is -2.06. The zero-order chi connectivity index (χ0) is 13.7. The van der Waals surface area contributed by atoms with E-state index >= 15 is 0 Å². The molecule has 0 atom stereocenters. The number of hydrogen-bond donors (Lipinski definition) is 1. The minimum atomic E-state index is -3.46. The Morgan fingerprint density at radius 2 is 1.47 bits per heavy atom. The second-order valence-electron chi connectivity index (χ2n) is 3.98. The third-order valence-corrected chi connectivity index (χ3v) is 4.32. The summed E-state index contributed by atoms with van der Waals surface area (Å²) >= 11 is 5.47. The highest BCUT2D eigenvalue weighted by molar-refractivity contribution is 7.89. The molecule has 2 aromatic carbocycles. The van der Waals surface area contributed by atoms with Crippen LogP contribution in [0.4, 0.5) is 0 Å². The SMILES string of the molecule is O=S(=O)(NCCCl)c1ccc(-c2ccccc2)cc1. The maximum absolute atomic E-state index is 11.9. The molecule has 2 aromatic rings. The first-order chi connectivity index (χ1) is 9.13.